The van der Waals surface area contributed by atoms with Crippen LogP contribution in [-0.2, 0) is 6.54 Å². The molecule has 0 unspecified atom stereocenters. The molecule has 2 heterocycles. The van der Waals surface area contributed by atoms with E-state index in [1.54, 1.807) is 0 Å². The molecule has 5 heteroatoms. The van der Waals surface area contributed by atoms with Crippen molar-refractivity contribution >= 4 is 0 Å². The van der Waals surface area contributed by atoms with Gasteiger partial charge in [0.05, 0.1) is 6.61 Å². The second-order valence-corrected chi connectivity index (χ2v) is 8.58. The maximum atomic E-state index is 10.1. The number of hydrogen-bond donors (Lipinski definition) is 1. The zero-order valence-corrected chi connectivity index (χ0v) is 18.2. The second kappa shape index (κ2) is 10.0. The highest BCUT2D eigenvalue weighted by Gasteiger charge is 2.34. The number of para-hydroxylation sites is 1. The first-order valence-corrected chi connectivity index (χ1v) is 11.1. The molecule has 0 atom stereocenters. The van der Waals surface area contributed by atoms with E-state index in [4.69, 9.17) is 4.74 Å². The highest BCUT2D eigenvalue weighted by molar-refractivity contribution is 5.59. The van der Waals surface area contributed by atoms with Crippen LogP contribution in [0.2, 0.25) is 0 Å². The molecule has 5 nitrogen and oxygen atoms in total. The molecule has 0 aliphatic carbocycles. The second-order valence-electron chi connectivity index (χ2n) is 8.58. The van der Waals surface area contributed by atoms with E-state index in [0.29, 0.717) is 6.61 Å². The lowest BCUT2D eigenvalue weighted by molar-refractivity contribution is 0.0243. The SMILES string of the molecule is Cc1ccccc1-c1ncc(CN2CCC(CO)(CCOc3ccccc3)CC2)cn1. The minimum atomic E-state index is -0.0452. The zero-order chi connectivity index (χ0) is 21.5. The van der Waals surface area contributed by atoms with Gasteiger partial charge in [-0.15, -0.1) is 0 Å². The smallest absolute Gasteiger partial charge is 0.159 e. The van der Waals surface area contributed by atoms with Gasteiger partial charge in [-0.3, -0.25) is 4.90 Å². The van der Waals surface area contributed by atoms with Crippen LogP contribution in [0.1, 0.15) is 30.4 Å². The molecule has 1 N–H and O–H groups in total. The molecule has 1 aliphatic rings. The van der Waals surface area contributed by atoms with Crippen molar-refractivity contribution in [2.24, 2.45) is 5.41 Å². The number of rotatable bonds is 8. The Kier molecular flexibility index (Phi) is 6.95. The number of aliphatic hydroxyl groups is 1. The lowest BCUT2D eigenvalue weighted by Gasteiger charge is -2.40. The third-order valence-electron chi connectivity index (χ3n) is 6.39. The van der Waals surface area contributed by atoms with Crippen LogP contribution in [0.5, 0.6) is 5.75 Å². The van der Waals surface area contributed by atoms with Gasteiger partial charge in [0.2, 0.25) is 0 Å². The average molecular weight is 418 g/mol. The predicted molar refractivity (Wildman–Crippen MR) is 123 cm³/mol. The third-order valence-corrected chi connectivity index (χ3v) is 6.39. The highest BCUT2D eigenvalue weighted by Crippen LogP contribution is 2.35. The van der Waals surface area contributed by atoms with Crippen LogP contribution in [0.25, 0.3) is 11.4 Å². The maximum Gasteiger partial charge on any atom is 0.159 e. The summed E-state index contributed by atoms with van der Waals surface area (Å²) in [4.78, 5) is 11.6. The molecule has 1 fully saturated rings. The van der Waals surface area contributed by atoms with Crippen LogP contribution in [0.4, 0.5) is 0 Å². The van der Waals surface area contributed by atoms with Crippen molar-refractivity contribution in [1.82, 2.24) is 14.9 Å². The van der Waals surface area contributed by atoms with Gasteiger partial charge in [0.1, 0.15) is 5.75 Å². The molecule has 4 rings (SSSR count). The van der Waals surface area contributed by atoms with Crippen LogP contribution in [0.3, 0.4) is 0 Å². The maximum absolute atomic E-state index is 10.1. The number of piperidine rings is 1. The van der Waals surface area contributed by atoms with Crippen molar-refractivity contribution in [3.63, 3.8) is 0 Å². The molecule has 1 saturated heterocycles. The van der Waals surface area contributed by atoms with E-state index < -0.39 is 0 Å². The Bertz CT molecular complexity index is 952. The van der Waals surface area contributed by atoms with Crippen molar-refractivity contribution < 1.29 is 9.84 Å². The Morgan fingerprint density at radius 1 is 0.968 bits per heavy atom. The molecular formula is C26H31N3O2. The summed E-state index contributed by atoms with van der Waals surface area (Å²) in [6.45, 7) is 5.71. The van der Waals surface area contributed by atoms with Crippen LogP contribution in [0.15, 0.2) is 67.0 Å². The van der Waals surface area contributed by atoms with E-state index in [1.807, 2.05) is 54.9 Å². The van der Waals surface area contributed by atoms with Gasteiger partial charge in [0.25, 0.3) is 0 Å². The molecular weight excluding hydrogens is 386 g/mol. The van der Waals surface area contributed by atoms with Crippen molar-refractivity contribution in [3.8, 4) is 17.1 Å². The van der Waals surface area contributed by atoms with Gasteiger partial charge in [0, 0.05) is 36.7 Å². The first-order chi connectivity index (χ1) is 15.2. The van der Waals surface area contributed by atoms with Crippen LogP contribution in [-0.4, -0.2) is 46.3 Å². The van der Waals surface area contributed by atoms with E-state index >= 15 is 0 Å². The first kappa shape index (κ1) is 21.5. The number of likely N-dealkylation sites (tertiary alicyclic amines) is 1. The van der Waals surface area contributed by atoms with Crippen molar-refractivity contribution in [2.45, 2.75) is 32.7 Å². The minimum Gasteiger partial charge on any atom is -0.494 e. The van der Waals surface area contributed by atoms with Crippen LogP contribution >= 0.6 is 0 Å². The van der Waals surface area contributed by atoms with Crippen molar-refractivity contribution in [1.29, 1.82) is 0 Å². The number of aliphatic hydroxyl groups excluding tert-OH is 1. The summed E-state index contributed by atoms with van der Waals surface area (Å²) in [5, 5.41) is 10.1. The van der Waals surface area contributed by atoms with Gasteiger partial charge in [-0.2, -0.15) is 0 Å². The number of ether oxygens (including phenoxy) is 1. The van der Waals surface area contributed by atoms with Gasteiger partial charge in [0.15, 0.2) is 5.82 Å². The topological polar surface area (TPSA) is 58.5 Å². The first-order valence-electron chi connectivity index (χ1n) is 11.1. The molecule has 0 bridgehead atoms. The monoisotopic (exact) mass is 417 g/mol. The number of aryl methyl sites for hydroxylation is 1. The fourth-order valence-corrected chi connectivity index (χ4v) is 4.23. The summed E-state index contributed by atoms with van der Waals surface area (Å²) in [7, 11) is 0. The molecule has 31 heavy (non-hydrogen) atoms. The fraction of sp³-hybridized carbons (Fsp3) is 0.385. The number of nitrogens with zero attached hydrogens (tertiary/aromatic N) is 3. The number of hydrogen-bond acceptors (Lipinski definition) is 5. The summed E-state index contributed by atoms with van der Waals surface area (Å²) >= 11 is 0. The molecule has 2 aromatic carbocycles. The van der Waals surface area contributed by atoms with E-state index in [-0.39, 0.29) is 12.0 Å². The fourth-order valence-electron chi connectivity index (χ4n) is 4.23. The lowest BCUT2D eigenvalue weighted by atomic mass is 9.76. The van der Waals surface area contributed by atoms with Crippen molar-refractivity contribution in [2.75, 3.05) is 26.3 Å². The van der Waals surface area contributed by atoms with E-state index in [9.17, 15) is 5.11 Å². The Labute approximate surface area is 184 Å². The minimum absolute atomic E-state index is 0.0452. The molecule has 0 spiro atoms. The normalized spacial score (nSPS) is 16.2. The van der Waals surface area contributed by atoms with Crippen LogP contribution < -0.4 is 4.74 Å². The molecule has 0 amide bonds. The van der Waals surface area contributed by atoms with Gasteiger partial charge >= 0.3 is 0 Å². The Morgan fingerprint density at radius 2 is 1.65 bits per heavy atom. The standard InChI is InChI=1S/C26H31N3O2/c1-21-7-5-6-10-24(21)25-27-17-22(18-28-25)19-29-14-11-26(20-30,12-15-29)13-16-31-23-8-3-2-4-9-23/h2-10,17-18,30H,11-16,19-20H2,1H3. The van der Waals surface area contributed by atoms with Gasteiger partial charge in [-0.25, -0.2) is 9.97 Å². The van der Waals surface area contributed by atoms with Crippen molar-refractivity contribution in [3.05, 3.63) is 78.1 Å². The average Bonchev–Trinajstić information content (AvgIpc) is 2.82. The third kappa shape index (κ3) is 5.49. The summed E-state index contributed by atoms with van der Waals surface area (Å²) in [6.07, 6.45) is 6.71. The molecule has 3 aromatic rings. The van der Waals surface area contributed by atoms with Gasteiger partial charge < -0.3 is 9.84 Å². The summed E-state index contributed by atoms with van der Waals surface area (Å²) in [5.41, 5.74) is 3.35. The molecule has 1 aliphatic heterocycles. The Hall–Kier alpha value is -2.76. The van der Waals surface area contributed by atoms with Gasteiger partial charge in [-0.05, 0) is 62.4 Å². The van der Waals surface area contributed by atoms with E-state index in [0.717, 1.165) is 61.6 Å². The van der Waals surface area contributed by atoms with E-state index in [2.05, 4.69) is 33.9 Å². The van der Waals surface area contributed by atoms with Crippen LogP contribution in [0, 0.1) is 12.3 Å². The number of aromatic nitrogens is 2. The van der Waals surface area contributed by atoms with E-state index in [1.165, 1.54) is 5.56 Å². The largest absolute Gasteiger partial charge is 0.494 e. The molecule has 0 radical (unpaired) electrons. The highest BCUT2D eigenvalue weighted by atomic mass is 16.5. The quantitative estimate of drug-likeness (QED) is 0.585. The molecule has 0 saturated carbocycles. The summed E-state index contributed by atoms with van der Waals surface area (Å²) in [5.74, 6) is 1.67. The molecule has 1 aromatic heterocycles. The summed E-state index contributed by atoms with van der Waals surface area (Å²) < 4.78 is 5.87. The lowest BCUT2D eigenvalue weighted by Crippen LogP contribution is -2.42. The van der Waals surface area contributed by atoms with Gasteiger partial charge in [-0.1, -0.05) is 42.5 Å². The Morgan fingerprint density at radius 3 is 2.32 bits per heavy atom. The summed E-state index contributed by atoms with van der Waals surface area (Å²) in [6, 6.07) is 18.1. The Balaban J connectivity index is 1.28. The molecule has 162 valence electrons. The predicted octanol–water partition coefficient (Wildman–Crippen LogP) is 4.50. The number of benzene rings is 2. The zero-order valence-electron chi connectivity index (χ0n) is 18.2.